The van der Waals surface area contributed by atoms with Gasteiger partial charge in [-0.3, -0.25) is 4.79 Å². The number of amides is 1. The van der Waals surface area contributed by atoms with Crippen molar-refractivity contribution in [3.05, 3.63) is 89.9 Å². The summed E-state index contributed by atoms with van der Waals surface area (Å²) in [7, 11) is 0. The normalized spacial score (nSPS) is 22.4. The van der Waals surface area contributed by atoms with E-state index in [4.69, 9.17) is 4.74 Å². The molecule has 0 saturated carbocycles. The van der Waals surface area contributed by atoms with Crippen LogP contribution in [0.4, 0.5) is 4.79 Å². The molecule has 2 saturated heterocycles. The van der Waals surface area contributed by atoms with Crippen LogP contribution >= 0.6 is 0 Å². The molecule has 36 heavy (non-hydrogen) atoms. The van der Waals surface area contributed by atoms with Crippen molar-refractivity contribution in [3.63, 3.8) is 0 Å². The Hall–Kier alpha value is -4.00. The van der Waals surface area contributed by atoms with Crippen molar-refractivity contribution in [3.8, 4) is 11.1 Å². The number of nitrogens with zero attached hydrogens (tertiary/aromatic N) is 4. The molecule has 2 unspecified atom stereocenters. The average molecular weight is 479 g/mol. The van der Waals surface area contributed by atoms with Gasteiger partial charge in [0.25, 0.3) is 0 Å². The smallest absolute Gasteiger partial charge is 0.410 e. The fourth-order valence-electron chi connectivity index (χ4n) is 6.58. The molecule has 7 rings (SSSR count). The van der Waals surface area contributed by atoms with Crippen molar-refractivity contribution in [2.75, 3.05) is 6.61 Å². The van der Waals surface area contributed by atoms with Gasteiger partial charge in [0, 0.05) is 36.3 Å². The molecule has 2 aromatic heterocycles. The lowest BCUT2D eigenvalue weighted by Gasteiger charge is -2.37. The Morgan fingerprint density at radius 3 is 2.28 bits per heavy atom. The summed E-state index contributed by atoms with van der Waals surface area (Å²) in [5.41, 5.74) is 6.01. The molecule has 1 aliphatic carbocycles. The molecule has 0 spiro atoms. The van der Waals surface area contributed by atoms with Crippen molar-refractivity contribution in [1.82, 2.24) is 19.5 Å². The number of carbonyl (C=O) groups excluding carboxylic acids is 2. The molecule has 7 nitrogen and oxygen atoms in total. The van der Waals surface area contributed by atoms with E-state index in [1.165, 1.54) is 22.3 Å². The van der Waals surface area contributed by atoms with E-state index in [0.717, 1.165) is 12.8 Å². The number of Topliss-reactive ketones (excluding diaryl/α,β-unsaturated/α-hetero) is 1. The van der Waals surface area contributed by atoms with E-state index in [-0.39, 0.29) is 35.8 Å². The number of carbonyl (C=O) groups is 2. The topological polar surface area (TPSA) is 76.8 Å². The Morgan fingerprint density at radius 1 is 0.917 bits per heavy atom. The zero-order valence-electron chi connectivity index (χ0n) is 19.8. The predicted molar refractivity (Wildman–Crippen MR) is 134 cm³/mol. The van der Waals surface area contributed by atoms with Gasteiger partial charge in [-0.1, -0.05) is 48.5 Å². The molecule has 2 atom stereocenters. The first-order valence-electron chi connectivity index (χ1n) is 12.6. The summed E-state index contributed by atoms with van der Waals surface area (Å²) < 4.78 is 7.60. The summed E-state index contributed by atoms with van der Waals surface area (Å²) in [6.07, 6.45) is 7.96. The minimum atomic E-state index is -0.257. The zero-order valence-corrected chi connectivity index (χ0v) is 19.8. The maximum atomic E-state index is 13.4. The Labute approximate surface area is 208 Å². The first-order valence-corrected chi connectivity index (χ1v) is 12.6. The molecule has 3 aliphatic rings. The lowest BCUT2D eigenvalue weighted by atomic mass is 9.85. The molecule has 0 radical (unpaired) electrons. The molecular formula is C29H26N4O3. The van der Waals surface area contributed by atoms with Gasteiger partial charge in [-0.2, -0.15) is 5.10 Å². The van der Waals surface area contributed by atoms with Crippen LogP contribution in [0.25, 0.3) is 16.8 Å². The van der Waals surface area contributed by atoms with E-state index in [9.17, 15) is 9.59 Å². The van der Waals surface area contributed by atoms with Crippen LogP contribution in [0.15, 0.2) is 73.2 Å². The van der Waals surface area contributed by atoms with Crippen LogP contribution in [0.3, 0.4) is 0 Å². The third-order valence-corrected chi connectivity index (χ3v) is 8.20. The van der Waals surface area contributed by atoms with Crippen molar-refractivity contribution < 1.29 is 14.3 Å². The summed E-state index contributed by atoms with van der Waals surface area (Å²) in [6, 6.07) is 18.6. The van der Waals surface area contributed by atoms with Crippen LogP contribution in [0.2, 0.25) is 0 Å². The van der Waals surface area contributed by atoms with Crippen LogP contribution < -0.4 is 0 Å². The predicted octanol–water partition coefficient (Wildman–Crippen LogP) is 5.10. The third kappa shape index (κ3) is 3.26. The second-order valence-corrected chi connectivity index (χ2v) is 10.1. The van der Waals surface area contributed by atoms with E-state index in [2.05, 4.69) is 46.5 Å². The monoisotopic (exact) mass is 478 g/mol. The first kappa shape index (κ1) is 21.3. The molecular weight excluding hydrogens is 452 g/mol. The average Bonchev–Trinajstić information content (AvgIpc) is 3.57. The van der Waals surface area contributed by atoms with E-state index < -0.39 is 0 Å². The SMILES string of the molecule is O=C(c1cnn2cccnc12)C1CC2CCC(C1)N2C(=O)OCC1c2ccccc2-c2ccccc21. The van der Waals surface area contributed by atoms with Gasteiger partial charge >= 0.3 is 6.09 Å². The number of ketones is 1. The summed E-state index contributed by atoms with van der Waals surface area (Å²) in [6.45, 7) is 0.319. The van der Waals surface area contributed by atoms with E-state index >= 15 is 0 Å². The minimum absolute atomic E-state index is 0.0307. The highest BCUT2D eigenvalue weighted by molar-refractivity contribution is 6.02. The molecule has 2 fully saturated rings. The van der Waals surface area contributed by atoms with Crippen molar-refractivity contribution >= 4 is 17.5 Å². The number of fused-ring (bicyclic) bond motifs is 6. The molecule has 4 aromatic rings. The van der Waals surface area contributed by atoms with Crippen LogP contribution in [0, 0.1) is 5.92 Å². The van der Waals surface area contributed by atoms with Crippen molar-refractivity contribution in [2.45, 2.75) is 43.7 Å². The van der Waals surface area contributed by atoms with Gasteiger partial charge in [0.1, 0.15) is 6.61 Å². The second kappa shape index (κ2) is 8.29. The maximum Gasteiger partial charge on any atom is 0.410 e. The standard InChI is InChI=1S/C29H26N4O3/c34-27(25-16-31-32-13-5-12-30-28(25)32)18-14-19-10-11-20(15-18)33(19)29(35)36-17-26-23-8-3-1-6-21(23)22-7-2-4-9-24(22)26/h1-9,12-13,16,18-20,26H,10-11,14-15,17H2. The second-order valence-electron chi connectivity index (χ2n) is 10.1. The zero-order chi connectivity index (χ0) is 24.2. The van der Waals surface area contributed by atoms with E-state index in [1.807, 2.05) is 17.0 Å². The fraction of sp³-hybridized carbons (Fsp3) is 0.310. The van der Waals surface area contributed by atoms with Crippen LogP contribution in [-0.2, 0) is 4.74 Å². The molecule has 2 aromatic carbocycles. The number of piperidine rings is 1. The van der Waals surface area contributed by atoms with Gasteiger partial charge < -0.3 is 9.64 Å². The summed E-state index contributed by atoms with van der Waals surface area (Å²) in [4.78, 5) is 32.9. The maximum absolute atomic E-state index is 13.4. The van der Waals surface area contributed by atoms with E-state index in [0.29, 0.717) is 30.7 Å². The van der Waals surface area contributed by atoms with Crippen molar-refractivity contribution in [1.29, 1.82) is 0 Å². The largest absolute Gasteiger partial charge is 0.448 e. The molecule has 4 heterocycles. The van der Waals surface area contributed by atoms with Gasteiger partial charge in [-0.15, -0.1) is 0 Å². The highest BCUT2D eigenvalue weighted by atomic mass is 16.6. The Bertz CT molecular complexity index is 1440. The lowest BCUT2D eigenvalue weighted by molar-refractivity contribution is 0.0506. The van der Waals surface area contributed by atoms with Gasteiger partial charge in [0.15, 0.2) is 11.4 Å². The number of ether oxygens (including phenoxy) is 1. The summed E-state index contributed by atoms with van der Waals surface area (Å²) in [5, 5.41) is 4.27. The number of rotatable bonds is 4. The van der Waals surface area contributed by atoms with Gasteiger partial charge in [0.2, 0.25) is 0 Å². The Morgan fingerprint density at radius 2 is 1.58 bits per heavy atom. The highest BCUT2D eigenvalue weighted by Crippen LogP contribution is 2.45. The van der Waals surface area contributed by atoms with Crippen molar-refractivity contribution in [2.24, 2.45) is 5.92 Å². The molecule has 7 heteroatoms. The molecule has 1 amide bonds. The first-order chi connectivity index (χ1) is 17.7. The number of benzene rings is 2. The minimum Gasteiger partial charge on any atom is -0.448 e. The van der Waals surface area contributed by atoms with Gasteiger partial charge in [-0.25, -0.2) is 14.3 Å². The fourth-order valence-corrected chi connectivity index (χ4v) is 6.58. The third-order valence-electron chi connectivity index (χ3n) is 8.20. The summed E-state index contributed by atoms with van der Waals surface area (Å²) in [5.74, 6) is -0.0100. The lowest BCUT2D eigenvalue weighted by Crippen LogP contribution is -2.48. The molecule has 2 aliphatic heterocycles. The Kier molecular flexibility index (Phi) is 4.91. The van der Waals surface area contributed by atoms with Crippen LogP contribution in [-0.4, -0.2) is 50.1 Å². The number of hydrogen-bond donors (Lipinski definition) is 0. The number of aromatic nitrogens is 3. The Balaban J connectivity index is 1.06. The van der Waals surface area contributed by atoms with E-state index in [1.54, 1.807) is 29.2 Å². The van der Waals surface area contributed by atoms with Crippen LogP contribution in [0.5, 0.6) is 0 Å². The summed E-state index contributed by atoms with van der Waals surface area (Å²) >= 11 is 0. The molecule has 180 valence electrons. The number of hydrogen-bond acceptors (Lipinski definition) is 5. The molecule has 2 bridgehead atoms. The highest BCUT2D eigenvalue weighted by Gasteiger charge is 2.46. The van der Waals surface area contributed by atoms with Gasteiger partial charge in [-0.05, 0) is 54.0 Å². The van der Waals surface area contributed by atoms with Crippen LogP contribution in [0.1, 0.15) is 53.1 Å². The van der Waals surface area contributed by atoms with Gasteiger partial charge in [0.05, 0.1) is 11.8 Å². The quantitative estimate of drug-likeness (QED) is 0.381. The molecule has 0 N–H and O–H groups in total.